The van der Waals surface area contributed by atoms with Crippen molar-refractivity contribution in [1.29, 1.82) is 0 Å². The van der Waals surface area contributed by atoms with Gasteiger partial charge in [0.2, 0.25) is 11.7 Å². The molecule has 2 aromatic rings. The van der Waals surface area contributed by atoms with E-state index >= 15 is 0 Å². The van der Waals surface area contributed by atoms with Crippen molar-refractivity contribution in [1.82, 2.24) is 4.90 Å². The lowest BCUT2D eigenvalue weighted by Crippen LogP contribution is -2.41. The summed E-state index contributed by atoms with van der Waals surface area (Å²) in [4.78, 5) is 27.8. The Morgan fingerprint density at radius 2 is 1.92 bits per heavy atom. The van der Waals surface area contributed by atoms with Crippen LogP contribution in [0.1, 0.15) is 14.5 Å². The van der Waals surface area contributed by atoms with Gasteiger partial charge in [0.05, 0.1) is 29.5 Å². The highest BCUT2D eigenvalue weighted by Crippen LogP contribution is 2.24. The van der Waals surface area contributed by atoms with E-state index in [-0.39, 0.29) is 18.3 Å². The molecule has 0 radical (unpaired) electrons. The average molecular weight is 380 g/mol. The van der Waals surface area contributed by atoms with Gasteiger partial charge in [0.15, 0.2) is 6.61 Å². The summed E-state index contributed by atoms with van der Waals surface area (Å²) in [7, 11) is 0. The minimum Gasteiger partial charge on any atom is -0.484 e. The lowest BCUT2D eigenvalue weighted by atomic mass is 10.2. The number of amides is 1. The number of morpholine rings is 1. The number of benzene rings is 1. The summed E-state index contributed by atoms with van der Waals surface area (Å²) in [5.41, 5.74) is 0. The van der Waals surface area contributed by atoms with Crippen molar-refractivity contribution in [2.24, 2.45) is 0 Å². The van der Waals surface area contributed by atoms with Crippen LogP contribution in [0.3, 0.4) is 0 Å². The molecule has 1 aliphatic rings. The molecule has 0 bridgehead atoms. The zero-order chi connectivity index (χ0) is 17.6. The number of nitrogens with zero attached hydrogens (tertiary/aromatic N) is 1. The minimum absolute atomic E-state index is 0.0662. The average Bonchev–Trinajstić information content (AvgIpc) is 3.10. The van der Waals surface area contributed by atoms with Crippen LogP contribution in [0.5, 0.6) is 5.75 Å². The van der Waals surface area contributed by atoms with E-state index in [1.54, 1.807) is 35.2 Å². The maximum absolute atomic E-state index is 12.3. The third-order valence-corrected chi connectivity index (χ3v) is 5.26. The molecule has 1 saturated heterocycles. The van der Waals surface area contributed by atoms with E-state index < -0.39 is 0 Å². The Bertz CT molecular complexity index is 755. The molecule has 132 valence electrons. The fraction of sp³-hybridized carbons (Fsp3) is 0.333. The van der Waals surface area contributed by atoms with Crippen LogP contribution in [-0.2, 0) is 16.0 Å². The molecular formula is C18H18ClNO4S. The number of halogens is 1. The molecule has 1 aromatic heterocycles. The third-order valence-electron chi connectivity index (χ3n) is 3.82. The van der Waals surface area contributed by atoms with Crippen molar-refractivity contribution >= 4 is 34.6 Å². The van der Waals surface area contributed by atoms with Gasteiger partial charge < -0.3 is 14.4 Å². The Morgan fingerprint density at radius 1 is 1.16 bits per heavy atom. The molecule has 1 aliphatic heterocycles. The van der Waals surface area contributed by atoms with Gasteiger partial charge in [0.25, 0.3) is 0 Å². The molecule has 25 heavy (non-hydrogen) atoms. The van der Waals surface area contributed by atoms with Gasteiger partial charge in [0.1, 0.15) is 5.75 Å². The number of Topliss-reactive ketones (excluding diaryl/α,β-unsaturated/α-hetero) is 1. The van der Waals surface area contributed by atoms with E-state index in [2.05, 4.69) is 0 Å². The topological polar surface area (TPSA) is 55.8 Å². The molecule has 0 N–H and O–H groups in total. The highest BCUT2D eigenvalue weighted by atomic mass is 35.5. The molecular weight excluding hydrogens is 362 g/mol. The molecule has 0 saturated carbocycles. The predicted molar refractivity (Wildman–Crippen MR) is 96.7 cm³/mol. The molecule has 2 heterocycles. The Labute approximate surface area is 155 Å². The second-order valence-electron chi connectivity index (χ2n) is 5.58. The molecule has 7 heteroatoms. The number of carbonyl (C=O) groups is 2. The number of carbonyl (C=O) groups excluding carboxylic acids is 2. The fourth-order valence-electron chi connectivity index (χ4n) is 2.47. The number of hydrogen-bond donors (Lipinski definition) is 0. The van der Waals surface area contributed by atoms with Crippen molar-refractivity contribution in [3.8, 4) is 5.75 Å². The Kier molecular flexibility index (Phi) is 6.07. The first-order chi connectivity index (χ1) is 12.1. The van der Waals surface area contributed by atoms with E-state index in [1.807, 2.05) is 6.07 Å². The molecule has 0 aliphatic carbocycles. The van der Waals surface area contributed by atoms with Crippen LogP contribution in [0.4, 0.5) is 0 Å². The van der Waals surface area contributed by atoms with E-state index in [4.69, 9.17) is 21.1 Å². The largest absolute Gasteiger partial charge is 0.484 e. The summed E-state index contributed by atoms with van der Waals surface area (Å²) in [6.45, 7) is 2.34. The van der Waals surface area contributed by atoms with Gasteiger partial charge in [0, 0.05) is 18.0 Å². The first kappa shape index (κ1) is 17.9. The van der Waals surface area contributed by atoms with Crippen molar-refractivity contribution < 1.29 is 19.1 Å². The minimum atomic E-state index is -0.130. The van der Waals surface area contributed by atoms with Crippen LogP contribution >= 0.6 is 22.9 Å². The fourth-order valence-corrected chi connectivity index (χ4v) is 3.59. The van der Waals surface area contributed by atoms with Crippen molar-refractivity contribution in [3.63, 3.8) is 0 Å². The number of ketones is 1. The molecule has 5 nitrogen and oxygen atoms in total. The van der Waals surface area contributed by atoms with E-state index in [1.165, 1.54) is 11.3 Å². The molecule has 0 spiro atoms. The Hall–Kier alpha value is -1.89. The maximum Gasteiger partial charge on any atom is 0.227 e. The quantitative estimate of drug-likeness (QED) is 0.724. The van der Waals surface area contributed by atoms with E-state index in [9.17, 15) is 9.59 Å². The number of rotatable bonds is 6. The molecule has 1 aromatic carbocycles. The summed E-state index contributed by atoms with van der Waals surface area (Å²) < 4.78 is 10.7. The predicted octanol–water partition coefficient (Wildman–Crippen LogP) is 3.06. The van der Waals surface area contributed by atoms with Crippen LogP contribution < -0.4 is 4.74 Å². The Morgan fingerprint density at radius 3 is 2.68 bits per heavy atom. The molecule has 0 unspecified atom stereocenters. The standard InChI is InChI=1S/C18H18ClNO4S/c19-14-3-1-2-4-16(14)24-12-15(21)17-6-5-13(25-17)11-18(22)20-7-9-23-10-8-20/h1-6H,7-12H2. The zero-order valence-electron chi connectivity index (χ0n) is 13.6. The van der Waals surface area contributed by atoms with Crippen LogP contribution in [-0.4, -0.2) is 49.5 Å². The first-order valence-corrected chi connectivity index (χ1v) is 9.17. The summed E-state index contributed by atoms with van der Waals surface area (Å²) in [6, 6.07) is 10.6. The lowest BCUT2D eigenvalue weighted by molar-refractivity contribution is -0.134. The number of hydrogen-bond acceptors (Lipinski definition) is 5. The van der Waals surface area contributed by atoms with Crippen LogP contribution in [0.25, 0.3) is 0 Å². The first-order valence-electron chi connectivity index (χ1n) is 7.98. The van der Waals surface area contributed by atoms with Gasteiger partial charge in [-0.25, -0.2) is 0 Å². The molecule has 1 fully saturated rings. The SMILES string of the molecule is O=C(COc1ccccc1Cl)c1ccc(CC(=O)N2CCOCC2)s1. The summed E-state index contributed by atoms with van der Waals surface area (Å²) in [5, 5.41) is 0.471. The zero-order valence-corrected chi connectivity index (χ0v) is 15.1. The molecule has 3 rings (SSSR count). The normalized spacial score (nSPS) is 14.4. The summed E-state index contributed by atoms with van der Waals surface area (Å²) in [6.07, 6.45) is 0.309. The lowest BCUT2D eigenvalue weighted by Gasteiger charge is -2.26. The molecule has 1 amide bonds. The van der Waals surface area contributed by atoms with Gasteiger partial charge >= 0.3 is 0 Å². The Balaban J connectivity index is 1.54. The van der Waals surface area contributed by atoms with Crippen molar-refractivity contribution in [3.05, 3.63) is 51.2 Å². The van der Waals surface area contributed by atoms with Crippen molar-refractivity contribution in [2.75, 3.05) is 32.9 Å². The van der Waals surface area contributed by atoms with Crippen molar-refractivity contribution in [2.45, 2.75) is 6.42 Å². The van der Waals surface area contributed by atoms with Gasteiger partial charge in [-0.05, 0) is 24.3 Å². The summed E-state index contributed by atoms with van der Waals surface area (Å²) >= 11 is 7.34. The van der Waals surface area contributed by atoms with Crippen LogP contribution in [0, 0.1) is 0 Å². The maximum atomic E-state index is 12.3. The molecule has 0 atom stereocenters. The second-order valence-corrected chi connectivity index (χ2v) is 7.15. The van der Waals surface area contributed by atoms with E-state index in [0.29, 0.717) is 48.4 Å². The van der Waals surface area contributed by atoms with E-state index in [0.717, 1.165) is 4.88 Å². The highest BCUT2D eigenvalue weighted by molar-refractivity contribution is 7.14. The van der Waals surface area contributed by atoms with Gasteiger partial charge in [-0.1, -0.05) is 23.7 Å². The van der Waals surface area contributed by atoms with Gasteiger partial charge in [-0.2, -0.15) is 0 Å². The number of para-hydroxylation sites is 1. The summed E-state index contributed by atoms with van der Waals surface area (Å²) in [5.74, 6) is 0.420. The highest BCUT2D eigenvalue weighted by Gasteiger charge is 2.19. The van der Waals surface area contributed by atoms with Crippen LogP contribution in [0.2, 0.25) is 5.02 Å². The monoisotopic (exact) mass is 379 g/mol. The number of ether oxygens (including phenoxy) is 2. The second kappa shape index (κ2) is 8.47. The van der Waals surface area contributed by atoms with Crippen LogP contribution in [0.15, 0.2) is 36.4 Å². The third kappa shape index (κ3) is 4.81. The smallest absolute Gasteiger partial charge is 0.227 e. The van der Waals surface area contributed by atoms with Gasteiger partial charge in [-0.15, -0.1) is 11.3 Å². The number of thiophene rings is 1. The van der Waals surface area contributed by atoms with Gasteiger partial charge in [-0.3, -0.25) is 9.59 Å².